The van der Waals surface area contributed by atoms with Gasteiger partial charge in [-0.3, -0.25) is 9.59 Å². The van der Waals surface area contributed by atoms with Crippen LogP contribution >= 0.6 is 11.3 Å². The number of aromatic nitrogens is 3. The molecule has 1 amide bonds. The normalized spacial score (nSPS) is 24.6. The molecule has 1 saturated carbocycles. The molecule has 2 aliphatic rings. The fraction of sp³-hybridized carbons (Fsp3) is 0.619. The van der Waals surface area contributed by atoms with E-state index in [1.807, 2.05) is 6.92 Å². The number of hydrogen-bond donors (Lipinski definition) is 2. The molecule has 2 aromatic heterocycles. The summed E-state index contributed by atoms with van der Waals surface area (Å²) in [5.41, 5.74) is 0.281. The maximum absolute atomic E-state index is 12.5. The van der Waals surface area contributed by atoms with Gasteiger partial charge in [-0.2, -0.15) is 5.10 Å². The van der Waals surface area contributed by atoms with Crippen molar-refractivity contribution in [1.29, 1.82) is 0 Å². The van der Waals surface area contributed by atoms with E-state index in [0.717, 1.165) is 55.9 Å². The van der Waals surface area contributed by atoms with Crippen LogP contribution in [0.25, 0.3) is 0 Å². The first-order valence-electron chi connectivity index (χ1n) is 10.8. The number of rotatable bonds is 5. The number of nitrogens with one attached hydrogen (secondary N) is 1. The highest BCUT2D eigenvalue weighted by molar-refractivity contribution is 7.09. The highest BCUT2D eigenvalue weighted by atomic mass is 32.1. The van der Waals surface area contributed by atoms with Crippen molar-refractivity contribution in [2.24, 2.45) is 0 Å². The van der Waals surface area contributed by atoms with E-state index in [4.69, 9.17) is 0 Å². The van der Waals surface area contributed by atoms with Gasteiger partial charge in [0.05, 0.1) is 17.2 Å². The number of carbonyl (C=O) groups excluding carboxylic acids is 1. The lowest BCUT2D eigenvalue weighted by Crippen LogP contribution is -2.48. The number of hydrogen-bond acceptors (Lipinski definition) is 7. The monoisotopic (exact) mass is 431 g/mol. The molecule has 3 heterocycles. The molecule has 162 valence electrons. The summed E-state index contributed by atoms with van der Waals surface area (Å²) < 4.78 is 1.47. The van der Waals surface area contributed by atoms with E-state index in [9.17, 15) is 14.7 Å². The van der Waals surface area contributed by atoms with Gasteiger partial charge < -0.3 is 15.3 Å². The van der Waals surface area contributed by atoms with Gasteiger partial charge in [-0.05, 0) is 45.1 Å². The maximum atomic E-state index is 12.5. The Balaban J connectivity index is 1.50. The van der Waals surface area contributed by atoms with Gasteiger partial charge in [0.2, 0.25) is 0 Å². The lowest BCUT2D eigenvalue weighted by molar-refractivity contribution is 0.0669. The predicted molar refractivity (Wildman–Crippen MR) is 116 cm³/mol. The number of amides is 1. The van der Waals surface area contributed by atoms with Crippen LogP contribution in [0.1, 0.15) is 66.5 Å². The summed E-state index contributed by atoms with van der Waals surface area (Å²) in [7, 11) is 0. The van der Waals surface area contributed by atoms with E-state index in [-0.39, 0.29) is 23.6 Å². The molecule has 1 aliphatic carbocycles. The zero-order valence-corrected chi connectivity index (χ0v) is 18.1. The van der Waals surface area contributed by atoms with Crippen LogP contribution in [0, 0.1) is 6.92 Å². The number of anilines is 1. The van der Waals surface area contributed by atoms with Crippen molar-refractivity contribution in [3.8, 4) is 0 Å². The van der Waals surface area contributed by atoms with Crippen molar-refractivity contribution in [2.75, 3.05) is 18.0 Å². The molecule has 2 N–H and O–H groups in total. The topological polar surface area (TPSA) is 100 Å². The number of carbonyl (C=O) groups is 1. The molecule has 30 heavy (non-hydrogen) atoms. The average Bonchev–Trinajstić information content (AvgIpc) is 3.20. The Labute approximate surface area is 179 Å². The molecule has 0 radical (unpaired) electrons. The second kappa shape index (κ2) is 9.26. The van der Waals surface area contributed by atoms with Crippen LogP contribution in [0.5, 0.6) is 0 Å². The van der Waals surface area contributed by atoms with Crippen LogP contribution in [0.2, 0.25) is 0 Å². The molecule has 2 fully saturated rings. The number of piperidine rings is 1. The zero-order valence-electron chi connectivity index (χ0n) is 17.3. The number of aliphatic hydroxyl groups excluding tert-OH is 1. The van der Waals surface area contributed by atoms with Gasteiger partial charge >= 0.3 is 0 Å². The summed E-state index contributed by atoms with van der Waals surface area (Å²) in [6, 6.07) is 3.16. The standard InChI is InChI=1S/C21H29N5O3S/c1-14-23-16(13-30-14)21(29)22-12-15-6-4-5-11-25(15)19-9-10-20(28)26(24-19)17-7-2-3-8-18(17)27/h9-10,13,15,17-18,27H,2-8,11-12H2,1H3,(H,22,29). The Hall–Kier alpha value is -2.26. The van der Waals surface area contributed by atoms with Gasteiger partial charge in [0.15, 0.2) is 0 Å². The average molecular weight is 432 g/mol. The molecule has 1 aliphatic heterocycles. The fourth-order valence-corrected chi connectivity index (χ4v) is 5.06. The van der Waals surface area contributed by atoms with Crippen molar-refractivity contribution in [3.05, 3.63) is 38.6 Å². The Morgan fingerprint density at radius 3 is 2.80 bits per heavy atom. The number of aliphatic hydroxyl groups is 1. The minimum absolute atomic E-state index is 0.108. The summed E-state index contributed by atoms with van der Waals surface area (Å²) in [6.07, 6.45) is 6.01. The number of aryl methyl sites for hydroxylation is 1. The van der Waals surface area contributed by atoms with Crippen LogP contribution in [0.4, 0.5) is 5.82 Å². The van der Waals surface area contributed by atoms with E-state index in [0.29, 0.717) is 18.7 Å². The van der Waals surface area contributed by atoms with Crippen molar-refractivity contribution in [1.82, 2.24) is 20.1 Å². The quantitative estimate of drug-likeness (QED) is 0.753. The molecule has 3 unspecified atom stereocenters. The summed E-state index contributed by atoms with van der Waals surface area (Å²) in [5.74, 6) is 0.573. The second-order valence-corrected chi connectivity index (χ2v) is 9.26. The highest BCUT2D eigenvalue weighted by Gasteiger charge is 2.29. The third-order valence-electron chi connectivity index (χ3n) is 6.09. The second-order valence-electron chi connectivity index (χ2n) is 8.20. The summed E-state index contributed by atoms with van der Waals surface area (Å²) >= 11 is 1.46. The SMILES string of the molecule is Cc1nc(C(=O)NCC2CCCCN2c2ccc(=O)n(C3CCCCC3O)n2)cs1. The Morgan fingerprint density at radius 2 is 2.03 bits per heavy atom. The molecule has 9 heteroatoms. The smallest absolute Gasteiger partial charge is 0.270 e. The number of thiazole rings is 1. The maximum Gasteiger partial charge on any atom is 0.270 e. The Bertz CT molecular complexity index is 943. The molecule has 4 rings (SSSR count). The van der Waals surface area contributed by atoms with E-state index >= 15 is 0 Å². The van der Waals surface area contributed by atoms with E-state index in [2.05, 4.69) is 20.3 Å². The van der Waals surface area contributed by atoms with Crippen LogP contribution in [-0.2, 0) is 0 Å². The van der Waals surface area contributed by atoms with Crippen LogP contribution < -0.4 is 15.8 Å². The summed E-state index contributed by atoms with van der Waals surface area (Å²) in [4.78, 5) is 31.3. The number of nitrogens with zero attached hydrogens (tertiary/aromatic N) is 4. The third-order valence-corrected chi connectivity index (χ3v) is 6.86. The molecule has 3 atom stereocenters. The molecule has 0 aromatic carbocycles. The van der Waals surface area contributed by atoms with E-state index < -0.39 is 6.10 Å². The van der Waals surface area contributed by atoms with Crippen molar-refractivity contribution in [3.63, 3.8) is 0 Å². The molecular weight excluding hydrogens is 402 g/mol. The molecule has 8 nitrogen and oxygen atoms in total. The third kappa shape index (κ3) is 4.57. The first kappa shape index (κ1) is 21.0. The molecule has 1 saturated heterocycles. The summed E-state index contributed by atoms with van der Waals surface area (Å²) in [5, 5.41) is 20.7. The van der Waals surface area contributed by atoms with Crippen molar-refractivity contribution in [2.45, 2.75) is 70.1 Å². The van der Waals surface area contributed by atoms with Gasteiger partial charge in [0, 0.05) is 30.6 Å². The molecular formula is C21H29N5O3S. The van der Waals surface area contributed by atoms with E-state index in [1.165, 1.54) is 16.0 Å². The van der Waals surface area contributed by atoms with Crippen molar-refractivity contribution >= 4 is 23.1 Å². The van der Waals surface area contributed by atoms with Crippen LogP contribution in [0.15, 0.2) is 22.3 Å². The zero-order chi connectivity index (χ0) is 21.1. The summed E-state index contributed by atoms with van der Waals surface area (Å²) in [6.45, 7) is 3.21. The molecule has 0 spiro atoms. The highest BCUT2D eigenvalue weighted by Crippen LogP contribution is 2.28. The lowest BCUT2D eigenvalue weighted by Gasteiger charge is -2.37. The van der Waals surface area contributed by atoms with Gasteiger partial charge in [0.25, 0.3) is 11.5 Å². The minimum atomic E-state index is -0.530. The van der Waals surface area contributed by atoms with E-state index in [1.54, 1.807) is 17.5 Å². The van der Waals surface area contributed by atoms with Gasteiger partial charge in [0.1, 0.15) is 11.5 Å². The minimum Gasteiger partial charge on any atom is -0.391 e. The molecule has 0 bridgehead atoms. The largest absolute Gasteiger partial charge is 0.391 e. The lowest BCUT2D eigenvalue weighted by atomic mass is 9.93. The van der Waals surface area contributed by atoms with Gasteiger partial charge in [-0.15, -0.1) is 11.3 Å². The van der Waals surface area contributed by atoms with Crippen molar-refractivity contribution < 1.29 is 9.90 Å². The predicted octanol–water partition coefficient (Wildman–Crippen LogP) is 2.27. The molecule has 2 aromatic rings. The van der Waals surface area contributed by atoms with Gasteiger partial charge in [-0.1, -0.05) is 12.8 Å². The first-order valence-corrected chi connectivity index (χ1v) is 11.7. The van der Waals surface area contributed by atoms with Crippen LogP contribution in [0.3, 0.4) is 0 Å². The first-order chi connectivity index (χ1) is 14.5. The Morgan fingerprint density at radius 1 is 1.23 bits per heavy atom. The van der Waals surface area contributed by atoms with Crippen LogP contribution in [-0.4, -0.2) is 51.0 Å². The fourth-order valence-electron chi connectivity index (χ4n) is 4.47. The Kier molecular flexibility index (Phi) is 6.48. The van der Waals surface area contributed by atoms with Gasteiger partial charge in [-0.25, -0.2) is 9.67 Å².